The number of nitrogens with two attached hydrogens (primary N) is 1. The first-order valence-electron chi connectivity index (χ1n) is 3.78. The molecule has 5 nitrogen and oxygen atoms in total. The number of aldehydes is 1. The third-order valence-electron chi connectivity index (χ3n) is 1.55. The fraction of sp³-hybridized carbons (Fsp3) is 0.125. The highest BCUT2D eigenvalue weighted by Crippen LogP contribution is 2.31. The van der Waals surface area contributed by atoms with E-state index in [1.807, 2.05) is 0 Å². The minimum atomic E-state index is -5.01. The molecule has 1 heterocycles. The number of hydrogen-bond acceptors (Lipinski definition) is 5. The Balaban J connectivity index is 3.36. The molecule has 0 atom stereocenters. The molecule has 0 aliphatic rings. The molecular weight excluding hydrogens is 227 g/mol. The molecule has 0 spiro atoms. The second kappa shape index (κ2) is 4.06. The van der Waals surface area contributed by atoms with Crippen molar-refractivity contribution in [2.45, 2.75) is 6.36 Å². The highest BCUT2D eigenvalue weighted by molar-refractivity contribution is 5.82. The van der Waals surface area contributed by atoms with E-state index < -0.39 is 23.5 Å². The van der Waals surface area contributed by atoms with Crippen molar-refractivity contribution in [1.82, 2.24) is 4.98 Å². The summed E-state index contributed by atoms with van der Waals surface area (Å²) in [6.07, 6.45) is -3.93. The van der Waals surface area contributed by atoms with Crippen LogP contribution < -0.4 is 10.5 Å². The first kappa shape index (κ1) is 11.8. The van der Waals surface area contributed by atoms with Crippen molar-refractivity contribution in [1.29, 1.82) is 5.26 Å². The van der Waals surface area contributed by atoms with Gasteiger partial charge in [-0.3, -0.25) is 4.79 Å². The lowest BCUT2D eigenvalue weighted by molar-refractivity contribution is -0.274. The summed E-state index contributed by atoms with van der Waals surface area (Å²) >= 11 is 0. The van der Waals surface area contributed by atoms with Crippen LogP contribution >= 0.6 is 0 Å². The molecular formula is C8H4F3N3O2. The molecule has 1 aromatic heterocycles. The highest BCUT2D eigenvalue weighted by Gasteiger charge is 2.34. The molecule has 84 valence electrons. The largest absolute Gasteiger partial charge is 0.573 e. The van der Waals surface area contributed by atoms with Crippen molar-refractivity contribution in [3.05, 3.63) is 17.3 Å². The molecule has 0 radical (unpaired) electrons. The topological polar surface area (TPSA) is 89.0 Å². The molecule has 0 unspecified atom stereocenters. The Hall–Kier alpha value is -2.30. The van der Waals surface area contributed by atoms with Crippen LogP contribution in [0.25, 0.3) is 0 Å². The van der Waals surface area contributed by atoms with Crippen LogP contribution in [0.15, 0.2) is 6.20 Å². The normalized spacial score (nSPS) is 10.6. The van der Waals surface area contributed by atoms with Crippen molar-refractivity contribution in [3.63, 3.8) is 0 Å². The van der Waals surface area contributed by atoms with E-state index in [1.165, 1.54) is 6.07 Å². The van der Waals surface area contributed by atoms with Crippen LogP contribution in [0.3, 0.4) is 0 Å². The Morgan fingerprint density at radius 3 is 2.62 bits per heavy atom. The van der Waals surface area contributed by atoms with Crippen LogP contribution in [-0.2, 0) is 0 Å². The van der Waals surface area contributed by atoms with Crippen molar-refractivity contribution in [3.8, 4) is 11.8 Å². The van der Waals surface area contributed by atoms with E-state index in [9.17, 15) is 18.0 Å². The van der Waals surface area contributed by atoms with E-state index in [4.69, 9.17) is 11.0 Å². The van der Waals surface area contributed by atoms with Gasteiger partial charge in [-0.2, -0.15) is 5.26 Å². The van der Waals surface area contributed by atoms with Crippen LogP contribution in [0.2, 0.25) is 0 Å². The lowest BCUT2D eigenvalue weighted by Gasteiger charge is -2.12. The maximum absolute atomic E-state index is 12.0. The summed E-state index contributed by atoms with van der Waals surface area (Å²) in [5.41, 5.74) is 4.20. The number of nitriles is 1. The summed E-state index contributed by atoms with van der Waals surface area (Å²) in [7, 11) is 0. The van der Waals surface area contributed by atoms with Crippen LogP contribution in [0.4, 0.5) is 19.0 Å². The zero-order valence-corrected chi connectivity index (χ0v) is 7.58. The number of rotatable bonds is 2. The van der Waals surface area contributed by atoms with E-state index in [-0.39, 0.29) is 11.8 Å². The van der Waals surface area contributed by atoms with Crippen molar-refractivity contribution >= 4 is 12.1 Å². The second-order valence-corrected chi connectivity index (χ2v) is 2.58. The molecule has 0 aliphatic carbocycles. The Morgan fingerprint density at radius 2 is 2.19 bits per heavy atom. The molecule has 0 amide bonds. The number of aromatic nitrogens is 1. The Labute approximate surface area is 87.3 Å². The minimum Gasteiger partial charge on any atom is -0.400 e. The van der Waals surface area contributed by atoms with Gasteiger partial charge in [0.25, 0.3) is 0 Å². The fourth-order valence-electron chi connectivity index (χ4n) is 0.945. The zero-order chi connectivity index (χ0) is 12.3. The van der Waals surface area contributed by atoms with Gasteiger partial charge >= 0.3 is 6.36 Å². The highest BCUT2D eigenvalue weighted by atomic mass is 19.4. The number of halogens is 3. The van der Waals surface area contributed by atoms with Gasteiger partial charge in [0.2, 0.25) is 0 Å². The van der Waals surface area contributed by atoms with Crippen molar-refractivity contribution in [2.75, 3.05) is 5.73 Å². The molecule has 0 saturated carbocycles. The molecule has 16 heavy (non-hydrogen) atoms. The summed E-state index contributed by atoms with van der Waals surface area (Å²) in [4.78, 5) is 13.8. The quantitative estimate of drug-likeness (QED) is 0.773. The van der Waals surface area contributed by atoms with E-state index in [0.29, 0.717) is 0 Å². The number of hydrogen-bond donors (Lipinski definition) is 1. The van der Waals surface area contributed by atoms with E-state index in [2.05, 4.69) is 9.72 Å². The molecule has 0 fully saturated rings. The van der Waals surface area contributed by atoms with Crippen molar-refractivity contribution in [2.24, 2.45) is 0 Å². The average molecular weight is 231 g/mol. The summed E-state index contributed by atoms with van der Waals surface area (Å²) in [6, 6.07) is 1.40. The lowest BCUT2D eigenvalue weighted by Crippen LogP contribution is -2.19. The van der Waals surface area contributed by atoms with Crippen LogP contribution in [0.1, 0.15) is 15.9 Å². The third kappa shape index (κ3) is 2.38. The molecule has 1 aromatic rings. The zero-order valence-electron chi connectivity index (χ0n) is 7.58. The number of anilines is 1. The molecule has 0 aromatic carbocycles. The predicted octanol–water partition coefficient (Wildman–Crippen LogP) is 1.25. The van der Waals surface area contributed by atoms with Crippen LogP contribution in [-0.4, -0.2) is 17.6 Å². The van der Waals surface area contributed by atoms with Crippen molar-refractivity contribution < 1.29 is 22.7 Å². The van der Waals surface area contributed by atoms with E-state index in [1.54, 1.807) is 0 Å². The standard InChI is InChI=1S/C8H4F3N3O2/c9-8(10,11)16-6-5(1-12)4(3-15)2-14-7(6)13/h2-3H,(H2,13,14). The summed E-state index contributed by atoms with van der Waals surface area (Å²) in [5, 5.41) is 8.61. The van der Waals surface area contributed by atoms with Gasteiger partial charge in [0.1, 0.15) is 11.6 Å². The maximum atomic E-state index is 12.0. The van der Waals surface area contributed by atoms with Gasteiger partial charge in [-0.25, -0.2) is 4.98 Å². The van der Waals surface area contributed by atoms with Gasteiger partial charge in [0.15, 0.2) is 17.9 Å². The number of carbonyl (C=O) groups is 1. The number of ether oxygens (including phenoxy) is 1. The lowest BCUT2D eigenvalue weighted by atomic mass is 10.1. The number of nitrogen functional groups attached to an aromatic ring is 1. The van der Waals surface area contributed by atoms with Crippen LogP contribution in [0, 0.1) is 11.3 Å². The number of carbonyl (C=O) groups excluding carboxylic acids is 1. The van der Waals surface area contributed by atoms with Gasteiger partial charge in [-0.05, 0) is 0 Å². The molecule has 2 N–H and O–H groups in total. The van der Waals surface area contributed by atoms with Gasteiger partial charge in [-0.1, -0.05) is 0 Å². The smallest absolute Gasteiger partial charge is 0.400 e. The second-order valence-electron chi connectivity index (χ2n) is 2.58. The molecule has 0 aliphatic heterocycles. The van der Waals surface area contributed by atoms with Gasteiger partial charge in [0, 0.05) is 6.20 Å². The summed E-state index contributed by atoms with van der Waals surface area (Å²) < 4.78 is 39.4. The summed E-state index contributed by atoms with van der Waals surface area (Å²) in [6.45, 7) is 0. The minimum absolute atomic E-state index is 0.189. The number of pyridine rings is 1. The Kier molecular flexibility index (Phi) is 2.99. The first-order chi connectivity index (χ1) is 7.39. The van der Waals surface area contributed by atoms with E-state index >= 15 is 0 Å². The molecule has 8 heteroatoms. The molecule has 1 rings (SSSR count). The fourth-order valence-corrected chi connectivity index (χ4v) is 0.945. The molecule has 0 saturated heterocycles. The van der Waals surface area contributed by atoms with Crippen LogP contribution in [0.5, 0.6) is 5.75 Å². The predicted molar refractivity (Wildman–Crippen MR) is 45.4 cm³/mol. The SMILES string of the molecule is N#Cc1c(C=O)cnc(N)c1OC(F)(F)F. The average Bonchev–Trinajstić information content (AvgIpc) is 2.19. The van der Waals surface area contributed by atoms with Gasteiger partial charge < -0.3 is 10.5 Å². The number of alkyl halides is 3. The summed E-state index contributed by atoms with van der Waals surface area (Å²) in [5.74, 6) is -1.57. The van der Waals surface area contributed by atoms with E-state index in [0.717, 1.165) is 6.20 Å². The Morgan fingerprint density at radius 1 is 1.56 bits per heavy atom. The third-order valence-corrected chi connectivity index (χ3v) is 1.55. The molecule has 0 bridgehead atoms. The van der Waals surface area contributed by atoms with Gasteiger partial charge in [0.05, 0.1) is 5.56 Å². The Bertz CT molecular complexity index is 465. The number of nitrogens with zero attached hydrogens (tertiary/aromatic N) is 2. The maximum Gasteiger partial charge on any atom is 0.573 e. The monoisotopic (exact) mass is 231 g/mol. The first-order valence-corrected chi connectivity index (χ1v) is 3.78. The van der Waals surface area contributed by atoms with Gasteiger partial charge in [-0.15, -0.1) is 13.2 Å².